The van der Waals surface area contributed by atoms with Crippen molar-refractivity contribution in [2.45, 2.75) is 6.92 Å². The Kier molecular flexibility index (Phi) is 4.25. The molecule has 0 aromatic carbocycles. The molecule has 0 spiro atoms. The summed E-state index contributed by atoms with van der Waals surface area (Å²) in [6, 6.07) is 0. The summed E-state index contributed by atoms with van der Waals surface area (Å²) in [5.74, 6) is 0. The van der Waals surface area contributed by atoms with E-state index in [1.54, 1.807) is 0 Å². The van der Waals surface area contributed by atoms with Gasteiger partial charge >= 0.3 is 60.1 Å². The van der Waals surface area contributed by atoms with E-state index in [1.807, 2.05) is 6.92 Å². The van der Waals surface area contributed by atoms with Crippen molar-refractivity contribution in [2.24, 2.45) is 0 Å². The van der Waals surface area contributed by atoms with Crippen LogP contribution in [0.3, 0.4) is 0 Å². The molecule has 7 heavy (non-hydrogen) atoms. The molecule has 0 rings (SSSR count). The molecular weight excluding hydrogens is 221 g/mol. The van der Waals surface area contributed by atoms with E-state index >= 15 is 0 Å². The Bertz CT molecular complexity index is 89.7. The summed E-state index contributed by atoms with van der Waals surface area (Å²) in [7, 11) is 0. The Morgan fingerprint density at radius 1 is 1.71 bits per heavy atom. The molecule has 1 nitrogen and oxygen atoms in total. The Labute approximate surface area is 60.2 Å². The van der Waals surface area contributed by atoms with E-state index < -0.39 is 4.44 Å². The van der Waals surface area contributed by atoms with Crippen LogP contribution in [0.5, 0.6) is 0 Å². The van der Waals surface area contributed by atoms with Crippen molar-refractivity contribution in [3.8, 4) is 0 Å². The SMILES string of the molecule is CCOP(Cl)(Cl)=[Se]. The van der Waals surface area contributed by atoms with Gasteiger partial charge in [-0.15, -0.1) is 0 Å². The van der Waals surface area contributed by atoms with Crippen molar-refractivity contribution in [1.82, 2.24) is 0 Å². The fourth-order valence-electron chi connectivity index (χ4n) is 0.150. The summed E-state index contributed by atoms with van der Waals surface area (Å²) in [4.78, 5) is 0. The van der Waals surface area contributed by atoms with E-state index in [-0.39, 0.29) is 0 Å². The molecule has 0 atom stereocenters. The van der Waals surface area contributed by atoms with Crippen LogP contribution < -0.4 is 0 Å². The van der Waals surface area contributed by atoms with Crippen molar-refractivity contribution in [1.29, 1.82) is 0 Å². The topological polar surface area (TPSA) is 9.23 Å². The van der Waals surface area contributed by atoms with Crippen LogP contribution in [0.15, 0.2) is 0 Å². The van der Waals surface area contributed by atoms with Gasteiger partial charge < -0.3 is 0 Å². The zero-order chi connectivity index (χ0) is 5.91. The first-order valence-electron chi connectivity index (χ1n) is 1.70. The molecule has 0 amide bonds. The van der Waals surface area contributed by atoms with E-state index in [2.05, 4.69) is 15.1 Å². The quantitative estimate of drug-likeness (QED) is 0.518. The Hall–Kier alpha value is 1.49. The molecule has 0 aliphatic rings. The standard InChI is InChI=1S/C2H5Cl2OPSe/c1-2-5-6(3,4)7/h2H2,1H3. The minimum atomic E-state index is -2.10. The van der Waals surface area contributed by atoms with E-state index in [0.717, 1.165) is 0 Å². The molecule has 0 radical (unpaired) electrons. The molecule has 5 heteroatoms. The third-order valence-corrected chi connectivity index (χ3v) is 2.09. The number of rotatable bonds is 2. The third-order valence-electron chi connectivity index (χ3n) is 0.279. The molecule has 44 valence electrons. The van der Waals surface area contributed by atoms with Gasteiger partial charge in [0.2, 0.25) is 0 Å². The van der Waals surface area contributed by atoms with Crippen molar-refractivity contribution < 1.29 is 4.52 Å². The van der Waals surface area contributed by atoms with E-state index in [1.165, 1.54) is 0 Å². The average molecular weight is 226 g/mol. The van der Waals surface area contributed by atoms with Crippen LogP contribution in [0.4, 0.5) is 0 Å². The average Bonchev–Trinajstić information content (AvgIpc) is 1.30. The van der Waals surface area contributed by atoms with Crippen molar-refractivity contribution in [2.75, 3.05) is 6.61 Å². The molecule has 0 aromatic heterocycles. The van der Waals surface area contributed by atoms with E-state index in [4.69, 9.17) is 27.0 Å². The molecular formula is C2H5Cl2OPSe. The van der Waals surface area contributed by atoms with E-state index in [9.17, 15) is 0 Å². The first-order valence-corrected chi connectivity index (χ1v) is 7.43. The van der Waals surface area contributed by atoms with E-state index in [0.29, 0.717) is 6.61 Å². The summed E-state index contributed by atoms with van der Waals surface area (Å²) >= 11 is 13.4. The number of hydrogen-bond donors (Lipinski definition) is 0. The Morgan fingerprint density at radius 2 is 2.14 bits per heavy atom. The molecule has 0 saturated carbocycles. The summed E-state index contributed by atoms with van der Waals surface area (Å²) in [5.41, 5.74) is 0. The summed E-state index contributed by atoms with van der Waals surface area (Å²) in [6.45, 7) is 2.41. The Balaban J connectivity index is 3.36. The summed E-state index contributed by atoms with van der Waals surface area (Å²) in [6.07, 6.45) is 0. The van der Waals surface area contributed by atoms with Gasteiger partial charge in [0.15, 0.2) is 0 Å². The first-order chi connectivity index (χ1) is 3.06. The van der Waals surface area contributed by atoms with Gasteiger partial charge in [-0.25, -0.2) is 0 Å². The maximum absolute atomic E-state index is 5.43. The van der Waals surface area contributed by atoms with Crippen LogP contribution in [0.2, 0.25) is 0 Å². The van der Waals surface area contributed by atoms with Crippen LogP contribution in [-0.4, -0.2) is 21.7 Å². The van der Waals surface area contributed by atoms with Gasteiger partial charge in [0, 0.05) is 0 Å². The maximum atomic E-state index is 5.43. The second kappa shape index (κ2) is 3.50. The second-order valence-electron chi connectivity index (χ2n) is 0.832. The summed E-state index contributed by atoms with van der Waals surface area (Å²) in [5, 5.41) is 0. The zero-order valence-corrected chi connectivity index (χ0v) is 7.85. The molecule has 0 heterocycles. The van der Waals surface area contributed by atoms with Crippen molar-refractivity contribution in [3.63, 3.8) is 0 Å². The molecule has 0 saturated heterocycles. The number of halogens is 2. The van der Waals surface area contributed by atoms with Crippen LogP contribution in [0.25, 0.3) is 0 Å². The van der Waals surface area contributed by atoms with Crippen LogP contribution in [0.1, 0.15) is 6.92 Å². The van der Waals surface area contributed by atoms with Gasteiger partial charge in [-0.2, -0.15) is 0 Å². The summed E-state index contributed by atoms with van der Waals surface area (Å²) < 4.78 is 2.72. The van der Waals surface area contributed by atoms with Gasteiger partial charge in [0.25, 0.3) is 0 Å². The zero-order valence-electron chi connectivity index (χ0n) is 3.73. The molecule has 0 aliphatic heterocycles. The van der Waals surface area contributed by atoms with Gasteiger partial charge in [0.05, 0.1) is 0 Å². The fraction of sp³-hybridized carbons (Fsp3) is 1.00. The van der Waals surface area contributed by atoms with Crippen molar-refractivity contribution in [3.05, 3.63) is 0 Å². The molecule has 0 unspecified atom stereocenters. The van der Waals surface area contributed by atoms with Gasteiger partial charge in [0.1, 0.15) is 0 Å². The molecule has 0 N–H and O–H groups in total. The van der Waals surface area contributed by atoms with Crippen LogP contribution >= 0.6 is 26.9 Å². The van der Waals surface area contributed by atoms with Gasteiger partial charge in [-0.1, -0.05) is 0 Å². The molecule has 0 fully saturated rings. The number of hydrogen-bond acceptors (Lipinski definition) is 1. The fourth-order valence-corrected chi connectivity index (χ4v) is 1.70. The minimum absolute atomic E-state index is 0.563. The predicted octanol–water partition coefficient (Wildman–Crippen LogP) is 2.35. The van der Waals surface area contributed by atoms with Crippen LogP contribution in [-0.2, 0) is 4.52 Å². The van der Waals surface area contributed by atoms with Crippen LogP contribution in [0, 0.1) is 0 Å². The Morgan fingerprint density at radius 3 is 2.14 bits per heavy atom. The molecule has 0 bridgehead atoms. The van der Waals surface area contributed by atoms with Gasteiger partial charge in [-0.3, -0.25) is 0 Å². The first kappa shape index (κ1) is 8.49. The van der Waals surface area contributed by atoms with Crippen molar-refractivity contribution >= 4 is 42.0 Å². The molecule has 0 aromatic rings. The normalized spacial score (nSPS) is 11.9. The third kappa shape index (κ3) is 7.49. The molecule has 0 aliphatic carbocycles. The predicted molar refractivity (Wildman–Crippen MR) is 36.0 cm³/mol. The second-order valence-corrected chi connectivity index (χ2v) is 11.3. The monoisotopic (exact) mass is 226 g/mol. The van der Waals surface area contributed by atoms with Gasteiger partial charge in [-0.05, 0) is 0 Å².